The Morgan fingerprint density at radius 2 is 1.74 bits per heavy atom. The molecule has 1 aromatic carbocycles. The number of hydrogen-bond acceptors (Lipinski definition) is 4. The fraction of sp³-hybridized carbons (Fsp3) is 0.571. The molecule has 1 fully saturated rings. The van der Waals surface area contributed by atoms with Crippen molar-refractivity contribution in [3.05, 3.63) is 29.8 Å². The van der Waals surface area contributed by atoms with Crippen LogP contribution in [0.5, 0.6) is 0 Å². The molecular weight excluding hydrogens is 344 g/mol. The van der Waals surface area contributed by atoms with Crippen LogP contribution in [-0.2, 0) is 19.1 Å². The Hall–Kier alpha value is -2.37. The highest BCUT2D eigenvalue weighted by atomic mass is 16.5. The number of nitrogens with one attached hydrogen (secondary N) is 1. The molecule has 1 N–H and O–H groups in total. The van der Waals surface area contributed by atoms with Crippen LogP contribution in [-0.4, -0.2) is 42.4 Å². The second-order valence-corrected chi connectivity index (χ2v) is 7.23. The van der Waals surface area contributed by atoms with Crippen LogP contribution in [0.3, 0.4) is 0 Å². The Bertz CT molecular complexity index is 647. The molecule has 0 atom stereocenters. The summed E-state index contributed by atoms with van der Waals surface area (Å²) in [5.74, 6) is -0.0522. The summed E-state index contributed by atoms with van der Waals surface area (Å²) in [6.45, 7) is 7.50. The molecule has 0 saturated carbocycles. The van der Waals surface area contributed by atoms with Crippen LogP contribution in [0, 0.1) is 5.92 Å². The summed E-state index contributed by atoms with van der Waals surface area (Å²) in [7, 11) is 0. The molecule has 0 radical (unpaired) electrons. The topological polar surface area (TPSA) is 75.7 Å². The van der Waals surface area contributed by atoms with E-state index in [0.29, 0.717) is 38.5 Å². The van der Waals surface area contributed by atoms with Crippen LogP contribution in [0.15, 0.2) is 24.3 Å². The molecule has 1 aromatic rings. The molecular formula is C21H30N2O4. The number of piperidine rings is 1. The van der Waals surface area contributed by atoms with Crippen LogP contribution in [0.25, 0.3) is 0 Å². The molecule has 27 heavy (non-hydrogen) atoms. The Labute approximate surface area is 161 Å². The van der Waals surface area contributed by atoms with Crippen LogP contribution in [0.1, 0.15) is 57.9 Å². The lowest BCUT2D eigenvalue weighted by atomic mass is 9.96. The van der Waals surface area contributed by atoms with E-state index in [1.54, 1.807) is 11.8 Å². The van der Waals surface area contributed by atoms with Gasteiger partial charge in [0.15, 0.2) is 0 Å². The molecule has 0 aliphatic carbocycles. The maximum atomic E-state index is 12.3. The van der Waals surface area contributed by atoms with Gasteiger partial charge >= 0.3 is 5.97 Å². The number of anilines is 1. The molecule has 0 aromatic heterocycles. The first-order valence-electron chi connectivity index (χ1n) is 9.75. The predicted octanol–water partition coefficient (Wildman–Crippen LogP) is 3.33. The monoisotopic (exact) mass is 374 g/mol. The number of hydrogen-bond donors (Lipinski definition) is 1. The minimum atomic E-state index is -0.174. The van der Waals surface area contributed by atoms with Crippen molar-refractivity contribution in [3.8, 4) is 0 Å². The number of carbonyl (C=O) groups excluding carboxylic acids is 3. The molecule has 1 aliphatic heterocycles. The van der Waals surface area contributed by atoms with Gasteiger partial charge in [0, 0.05) is 31.6 Å². The molecule has 6 nitrogen and oxygen atoms in total. The van der Waals surface area contributed by atoms with E-state index >= 15 is 0 Å². The fourth-order valence-electron chi connectivity index (χ4n) is 3.18. The zero-order valence-corrected chi connectivity index (χ0v) is 16.5. The number of rotatable bonds is 7. The highest BCUT2D eigenvalue weighted by molar-refractivity contribution is 5.93. The van der Waals surface area contributed by atoms with Crippen molar-refractivity contribution in [1.29, 1.82) is 0 Å². The van der Waals surface area contributed by atoms with E-state index in [0.717, 1.165) is 5.69 Å². The number of amides is 2. The lowest BCUT2D eigenvalue weighted by Gasteiger charge is -2.30. The second kappa shape index (κ2) is 10.1. The number of likely N-dealkylation sites (tertiary alicyclic amines) is 1. The summed E-state index contributed by atoms with van der Waals surface area (Å²) in [5, 5.41) is 2.83. The smallest absolute Gasteiger partial charge is 0.309 e. The van der Waals surface area contributed by atoms with Crippen LogP contribution >= 0.6 is 0 Å². The number of ether oxygens (including phenoxy) is 1. The molecule has 6 heteroatoms. The minimum Gasteiger partial charge on any atom is -0.466 e. The Balaban J connectivity index is 1.72. The SMILES string of the molecule is CCOC(=O)C1CCN(C(=O)CCC(=O)Nc2ccc(C(C)C)cc2)CC1. The first-order chi connectivity index (χ1) is 12.9. The Kier molecular flexibility index (Phi) is 7.82. The minimum absolute atomic E-state index is 0.0392. The zero-order chi connectivity index (χ0) is 19.8. The highest BCUT2D eigenvalue weighted by Gasteiger charge is 2.28. The van der Waals surface area contributed by atoms with Gasteiger partial charge < -0.3 is 15.0 Å². The summed E-state index contributed by atoms with van der Waals surface area (Å²) in [6, 6.07) is 7.77. The van der Waals surface area contributed by atoms with Gasteiger partial charge in [-0.3, -0.25) is 14.4 Å². The van der Waals surface area contributed by atoms with E-state index in [9.17, 15) is 14.4 Å². The quantitative estimate of drug-likeness (QED) is 0.743. The largest absolute Gasteiger partial charge is 0.466 e. The van der Waals surface area contributed by atoms with E-state index in [-0.39, 0.29) is 36.5 Å². The highest BCUT2D eigenvalue weighted by Crippen LogP contribution is 2.20. The molecule has 2 rings (SSSR count). The number of esters is 1. The number of benzene rings is 1. The molecule has 0 bridgehead atoms. The van der Waals surface area contributed by atoms with Crippen LogP contribution in [0.4, 0.5) is 5.69 Å². The first-order valence-corrected chi connectivity index (χ1v) is 9.75. The summed E-state index contributed by atoms with van der Waals surface area (Å²) in [5.41, 5.74) is 1.96. The molecule has 1 aliphatic rings. The fourth-order valence-corrected chi connectivity index (χ4v) is 3.18. The van der Waals surface area contributed by atoms with Gasteiger partial charge in [0.25, 0.3) is 0 Å². The van der Waals surface area contributed by atoms with Crippen LogP contribution < -0.4 is 5.32 Å². The summed E-state index contributed by atoms with van der Waals surface area (Å²) < 4.78 is 5.04. The van der Waals surface area contributed by atoms with Gasteiger partial charge in [-0.15, -0.1) is 0 Å². The van der Waals surface area contributed by atoms with E-state index < -0.39 is 0 Å². The van der Waals surface area contributed by atoms with Gasteiger partial charge in [-0.25, -0.2) is 0 Å². The van der Waals surface area contributed by atoms with Crippen molar-refractivity contribution >= 4 is 23.5 Å². The van der Waals surface area contributed by atoms with Crippen molar-refractivity contribution in [3.63, 3.8) is 0 Å². The zero-order valence-electron chi connectivity index (χ0n) is 16.5. The average molecular weight is 374 g/mol. The number of nitrogens with zero attached hydrogens (tertiary/aromatic N) is 1. The Morgan fingerprint density at radius 1 is 1.11 bits per heavy atom. The van der Waals surface area contributed by atoms with Gasteiger partial charge in [-0.1, -0.05) is 26.0 Å². The molecule has 0 unspecified atom stereocenters. The molecule has 1 saturated heterocycles. The Morgan fingerprint density at radius 3 is 2.30 bits per heavy atom. The average Bonchev–Trinajstić information content (AvgIpc) is 2.67. The third-order valence-corrected chi connectivity index (χ3v) is 4.89. The molecule has 1 heterocycles. The van der Waals surface area contributed by atoms with Crippen LogP contribution in [0.2, 0.25) is 0 Å². The summed E-state index contributed by atoms with van der Waals surface area (Å²) in [4.78, 5) is 37.9. The van der Waals surface area contributed by atoms with Crippen molar-refractivity contribution in [2.75, 3.05) is 25.0 Å². The predicted molar refractivity (Wildman–Crippen MR) is 104 cm³/mol. The maximum Gasteiger partial charge on any atom is 0.309 e. The molecule has 148 valence electrons. The van der Waals surface area contributed by atoms with Gasteiger partial charge in [-0.2, -0.15) is 0 Å². The van der Waals surface area contributed by atoms with Gasteiger partial charge in [0.2, 0.25) is 11.8 Å². The van der Waals surface area contributed by atoms with E-state index in [1.165, 1.54) is 5.56 Å². The number of carbonyl (C=O) groups is 3. The van der Waals surface area contributed by atoms with E-state index in [4.69, 9.17) is 4.74 Å². The van der Waals surface area contributed by atoms with Crippen molar-refractivity contribution in [2.45, 2.75) is 52.4 Å². The second-order valence-electron chi connectivity index (χ2n) is 7.23. The van der Waals surface area contributed by atoms with Gasteiger partial charge in [0.05, 0.1) is 12.5 Å². The lowest BCUT2D eigenvalue weighted by Crippen LogP contribution is -2.40. The lowest BCUT2D eigenvalue weighted by molar-refractivity contribution is -0.151. The molecule has 0 spiro atoms. The van der Waals surface area contributed by atoms with Gasteiger partial charge in [-0.05, 0) is 43.4 Å². The van der Waals surface area contributed by atoms with E-state index in [1.807, 2.05) is 24.3 Å². The van der Waals surface area contributed by atoms with Crippen molar-refractivity contribution < 1.29 is 19.1 Å². The van der Waals surface area contributed by atoms with Crippen molar-refractivity contribution in [2.24, 2.45) is 5.92 Å². The standard InChI is InChI=1S/C21H30N2O4/c1-4-27-21(26)17-11-13-23(14-12-17)20(25)10-9-19(24)22-18-7-5-16(6-8-18)15(2)3/h5-8,15,17H,4,9-14H2,1-3H3,(H,22,24). The maximum absolute atomic E-state index is 12.3. The summed E-state index contributed by atoms with van der Waals surface area (Å²) in [6.07, 6.45) is 1.58. The third-order valence-electron chi connectivity index (χ3n) is 4.89. The summed E-state index contributed by atoms with van der Waals surface area (Å²) >= 11 is 0. The van der Waals surface area contributed by atoms with Gasteiger partial charge in [0.1, 0.15) is 0 Å². The normalized spacial score (nSPS) is 14.9. The first kappa shape index (κ1) is 20.9. The third kappa shape index (κ3) is 6.38. The van der Waals surface area contributed by atoms with Crippen molar-refractivity contribution in [1.82, 2.24) is 4.90 Å². The van der Waals surface area contributed by atoms with E-state index in [2.05, 4.69) is 19.2 Å². The molecule has 2 amide bonds.